The summed E-state index contributed by atoms with van der Waals surface area (Å²) in [5.41, 5.74) is 0.593. The highest BCUT2D eigenvalue weighted by Gasteiger charge is 2.48. The number of anilines is 1. The van der Waals surface area contributed by atoms with E-state index < -0.39 is 11.0 Å². The Morgan fingerprint density at radius 3 is 2.33 bits per heavy atom. The molecular weight excluding hydrogens is 445 g/mol. The van der Waals surface area contributed by atoms with E-state index in [0.717, 1.165) is 18.3 Å². The monoisotopic (exact) mass is 473 g/mol. The number of rotatable bonds is 4. The fourth-order valence-electron chi connectivity index (χ4n) is 6.40. The first-order valence-corrected chi connectivity index (χ1v) is 13.1. The van der Waals surface area contributed by atoms with Gasteiger partial charge in [0.05, 0.1) is 22.3 Å². The van der Waals surface area contributed by atoms with E-state index in [1.54, 1.807) is 18.2 Å². The summed E-state index contributed by atoms with van der Waals surface area (Å²) in [4.78, 5) is 12.9. The summed E-state index contributed by atoms with van der Waals surface area (Å²) >= 11 is 12.1. The first kappa shape index (κ1) is 21.2. The highest BCUT2D eigenvalue weighted by atomic mass is 35.5. The molecule has 9 heteroatoms. The van der Waals surface area contributed by atoms with Crippen molar-refractivity contribution in [2.24, 2.45) is 23.7 Å². The Kier molecular flexibility index (Phi) is 5.65. The molecule has 0 unspecified atom stereocenters. The lowest BCUT2D eigenvalue weighted by molar-refractivity contribution is -0.125. The Morgan fingerprint density at radius 2 is 1.70 bits per heavy atom. The number of carbonyl (C=O) groups excluding carboxylic acids is 1. The molecular formula is C21H29Cl2N3O3S. The van der Waals surface area contributed by atoms with Gasteiger partial charge >= 0.3 is 0 Å². The van der Waals surface area contributed by atoms with Gasteiger partial charge < -0.3 is 5.32 Å². The molecule has 5 fully saturated rings. The number of benzene rings is 1. The molecule has 166 valence electrons. The minimum absolute atomic E-state index is 0.0110. The van der Waals surface area contributed by atoms with Crippen LogP contribution in [0.2, 0.25) is 10.0 Å². The van der Waals surface area contributed by atoms with Gasteiger partial charge in [0, 0.05) is 19.1 Å². The lowest BCUT2D eigenvalue weighted by Gasteiger charge is -2.55. The number of carbonyl (C=O) groups is 1. The van der Waals surface area contributed by atoms with E-state index in [2.05, 4.69) is 5.32 Å². The van der Waals surface area contributed by atoms with Gasteiger partial charge in [-0.1, -0.05) is 34.2 Å². The van der Waals surface area contributed by atoms with Gasteiger partial charge in [-0.3, -0.25) is 18.2 Å². The van der Waals surface area contributed by atoms with Crippen LogP contribution in [0.1, 0.15) is 38.5 Å². The molecule has 5 aliphatic rings. The van der Waals surface area contributed by atoms with Crippen molar-refractivity contribution in [1.29, 1.82) is 0 Å². The second kappa shape index (κ2) is 8.01. The molecule has 4 saturated carbocycles. The minimum Gasteiger partial charge on any atom is -0.352 e. The van der Waals surface area contributed by atoms with E-state index in [0.29, 0.717) is 40.7 Å². The fraction of sp³-hybridized carbons (Fsp3) is 0.667. The molecule has 0 radical (unpaired) electrons. The van der Waals surface area contributed by atoms with E-state index in [-0.39, 0.29) is 18.5 Å². The normalized spacial score (nSPS) is 36.0. The molecule has 30 heavy (non-hydrogen) atoms. The third-order valence-electron chi connectivity index (χ3n) is 7.48. The summed E-state index contributed by atoms with van der Waals surface area (Å²) in [6.07, 6.45) is 7.06. The predicted octanol–water partition coefficient (Wildman–Crippen LogP) is 5.03. The Hall–Kier alpha value is -0.700. The molecule has 6 rings (SSSR count). The van der Waals surface area contributed by atoms with E-state index >= 15 is 0 Å². The third-order valence-corrected chi connectivity index (χ3v) is 10.2. The molecule has 1 heterocycles. The van der Waals surface area contributed by atoms with Crippen LogP contribution in [0, 0.1) is 23.7 Å². The van der Waals surface area contributed by atoms with Crippen LogP contribution in [0.3, 0.4) is 0 Å². The van der Waals surface area contributed by atoms with Crippen LogP contribution in [-0.2, 0) is 4.79 Å². The Bertz CT molecular complexity index is 812. The Balaban J connectivity index is 1.26. The molecule has 4 aliphatic carbocycles. The maximum absolute atomic E-state index is 12.9. The molecule has 0 aromatic heterocycles. The lowest BCUT2D eigenvalue weighted by atomic mass is 9.54. The number of hydrogen-bond acceptors (Lipinski definition) is 5. The van der Waals surface area contributed by atoms with Gasteiger partial charge in [-0.2, -0.15) is 4.31 Å². The van der Waals surface area contributed by atoms with Crippen molar-refractivity contribution < 1.29 is 13.9 Å². The summed E-state index contributed by atoms with van der Waals surface area (Å²) < 4.78 is 25.0. The van der Waals surface area contributed by atoms with Crippen LogP contribution in [0.25, 0.3) is 0 Å². The van der Waals surface area contributed by atoms with Gasteiger partial charge in [0.15, 0.2) is 0 Å². The second-order valence-electron chi connectivity index (χ2n) is 9.43. The summed E-state index contributed by atoms with van der Waals surface area (Å²) in [7, 11) is -3.30. The van der Waals surface area contributed by atoms with Gasteiger partial charge in [0.2, 0.25) is 5.91 Å². The van der Waals surface area contributed by atoms with E-state index in [1.165, 1.54) is 40.7 Å². The average molecular weight is 474 g/mol. The third kappa shape index (κ3) is 3.82. The molecule has 6 nitrogen and oxygen atoms in total. The Labute approximate surface area is 189 Å². The minimum atomic E-state index is -3.30. The van der Waals surface area contributed by atoms with Crippen molar-refractivity contribution in [3.05, 3.63) is 28.2 Å². The van der Waals surface area contributed by atoms with Crippen LogP contribution in [0.15, 0.2) is 18.2 Å². The van der Waals surface area contributed by atoms with Crippen LogP contribution < -0.4 is 9.62 Å². The summed E-state index contributed by atoms with van der Waals surface area (Å²) in [6, 6.07) is 5.26. The molecule has 3 N–H and O–H groups in total. The maximum Gasteiger partial charge on any atom is 0.236 e. The van der Waals surface area contributed by atoms with Gasteiger partial charge in [-0.05, 0) is 80.4 Å². The lowest BCUT2D eigenvalue weighted by Crippen LogP contribution is -2.57. The van der Waals surface area contributed by atoms with Crippen molar-refractivity contribution in [3.63, 3.8) is 0 Å². The predicted molar refractivity (Wildman–Crippen MR) is 122 cm³/mol. The maximum atomic E-state index is 12.9. The van der Waals surface area contributed by atoms with Crippen molar-refractivity contribution in [2.45, 2.75) is 44.6 Å². The number of halogens is 2. The molecule has 0 atom stereocenters. The number of nitrogens with zero attached hydrogens (tertiary/aromatic N) is 2. The van der Waals surface area contributed by atoms with Gasteiger partial charge in [0.1, 0.15) is 0 Å². The van der Waals surface area contributed by atoms with E-state index in [4.69, 9.17) is 23.2 Å². The number of nitrogens with one attached hydrogen (secondary N) is 1. The molecule has 1 saturated heterocycles. The number of amides is 1. The second-order valence-corrected chi connectivity index (χ2v) is 12.2. The van der Waals surface area contributed by atoms with Gasteiger partial charge in [0.25, 0.3) is 0 Å². The summed E-state index contributed by atoms with van der Waals surface area (Å²) in [5.74, 6) is 2.80. The van der Waals surface area contributed by atoms with Gasteiger partial charge in [-0.25, -0.2) is 0 Å². The standard InChI is InChI=1S/C21H29Cl2N3O3S/c22-18-3-2-17(11-19(18)23)26-5-1-4-25(30(26,28)29)12-20(27)24-21-15-7-13-6-14(9-15)10-16(21)8-13/h2-3,11,13-16,21,28-29H,1,4-10,12H2,(H,24,27). The molecule has 1 aliphatic heterocycles. The summed E-state index contributed by atoms with van der Waals surface area (Å²) in [5, 5.41) is 4.05. The average Bonchev–Trinajstić information content (AvgIpc) is 2.68. The SMILES string of the molecule is O=C(CN1CCCN(c2ccc(Cl)c(Cl)c2)S1(O)O)NC1C2CC3CC(C2)CC1C3. The highest BCUT2D eigenvalue weighted by molar-refractivity contribution is 8.23. The van der Waals surface area contributed by atoms with Crippen molar-refractivity contribution in [1.82, 2.24) is 9.62 Å². The zero-order valence-corrected chi connectivity index (χ0v) is 19.2. The van der Waals surface area contributed by atoms with Gasteiger partial charge in [-0.15, -0.1) is 0 Å². The van der Waals surface area contributed by atoms with E-state index in [9.17, 15) is 13.9 Å². The van der Waals surface area contributed by atoms with Crippen LogP contribution in [0.4, 0.5) is 5.69 Å². The highest BCUT2D eigenvalue weighted by Crippen LogP contribution is 2.54. The Morgan fingerprint density at radius 1 is 1.03 bits per heavy atom. The molecule has 0 spiro atoms. The smallest absolute Gasteiger partial charge is 0.236 e. The quantitative estimate of drug-likeness (QED) is 0.571. The molecule has 1 amide bonds. The van der Waals surface area contributed by atoms with Crippen molar-refractivity contribution >= 4 is 45.8 Å². The largest absolute Gasteiger partial charge is 0.352 e. The first-order valence-electron chi connectivity index (χ1n) is 10.9. The van der Waals surface area contributed by atoms with Crippen LogP contribution in [0.5, 0.6) is 0 Å². The van der Waals surface area contributed by atoms with Crippen molar-refractivity contribution in [3.8, 4) is 0 Å². The first-order chi connectivity index (χ1) is 14.3. The zero-order chi connectivity index (χ0) is 21.0. The van der Waals surface area contributed by atoms with Crippen LogP contribution >= 0.6 is 34.2 Å². The topological polar surface area (TPSA) is 76.0 Å². The molecule has 1 aromatic rings. The van der Waals surface area contributed by atoms with Crippen LogP contribution in [-0.4, -0.2) is 45.0 Å². The number of hydrogen-bond donors (Lipinski definition) is 3. The molecule has 4 bridgehead atoms. The van der Waals surface area contributed by atoms with Crippen molar-refractivity contribution in [2.75, 3.05) is 23.9 Å². The summed E-state index contributed by atoms with van der Waals surface area (Å²) in [6.45, 7) is 0.937. The molecule has 1 aromatic carbocycles. The van der Waals surface area contributed by atoms with E-state index in [1.807, 2.05) is 0 Å². The zero-order valence-electron chi connectivity index (χ0n) is 16.8. The fourth-order valence-corrected chi connectivity index (χ4v) is 8.41.